The molecule has 108 valence electrons. The monoisotopic (exact) mass is 292 g/mol. The summed E-state index contributed by atoms with van der Waals surface area (Å²) in [6.07, 6.45) is 2.36. The molecule has 2 aromatic rings. The maximum atomic E-state index is 9.36. The minimum absolute atomic E-state index is 0.246. The lowest BCUT2D eigenvalue weighted by molar-refractivity contribution is 0.163. The Morgan fingerprint density at radius 3 is 2.85 bits per heavy atom. The smallest absolute Gasteiger partial charge is 0.0761 e. The van der Waals surface area contributed by atoms with E-state index in [0.717, 1.165) is 41.0 Å². The fourth-order valence-corrected chi connectivity index (χ4v) is 2.67. The number of pyridine rings is 1. The van der Waals surface area contributed by atoms with Gasteiger partial charge >= 0.3 is 0 Å². The Balaban J connectivity index is 2.02. The summed E-state index contributed by atoms with van der Waals surface area (Å²) in [5.74, 6) is 0.446. The molecule has 0 aliphatic heterocycles. The molecule has 1 aromatic carbocycles. The summed E-state index contributed by atoms with van der Waals surface area (Å²) in [7, 11) is 0. The van der Waals surface area contributed by atoms with Crippen molar-refractivity contribution in [2.45, 2.75) is 32.9 Å². The van der Waals surface area contributed by atoms with Gasteiger partial charge in [-0.25, -0.2) is 0 Å². The average molecular weight is 293 g/mol. The summed E-state index contributed by atoms with van der Waals surface area (Å²) in [6.45, 7) is 5.60. The summed E-state index contributed by atoms with van der Waals surface area (Å²) in [6, 6.07) is 7.83. The van der Waals surface area contributed by atoms with Gasteiger partial charge in [0.25, 0.3) is 0 Å². The van der Waals surface area contributed by atoms with Gasteiger partial charge < -0.3 is 10.4 Å². The predicted molar refractivity (Wildman–Crippen MR) is 83.9 cm³/mol. The van der Waals surface area contributed by atoms with Gasteiger partial charge in [0, 0.05) is 23.2 Å². The molecule has 0 aliphatic carbocycles. The number of hydrogen-bond acceptors (Lipinski definition) is 3. The van der Waals surface area contributed by atoms with Crippen molar-refractivity contribution < 1.29 is 5.11 Å². The minimum atomic E-state index is -0.246. The lowest BCUT2D eigenvalue weighted by Crippen LogP contribution is -2.23. The van der Waals surface area contributed by atoms with E-state index in [1.807, 2.05) is 31.2 Å². The summed E-state index contributed by atoms with van der Waals surface area (Å²) in [4.78, 5) is 4.42. The van der Waals surface area contributed by atoms with E-state index in [9.17, 15) is 5.11 Å². The van der Waals surface area contributed by atoms with E-state index in [0.29, 0.717) is 5.92 Å². The molecule has 20 heavy (non-hydrogen) atoms. The van der Waals surface area contributed by atoms with Crippen LogP contribution in [-0.2, 0) is 6.54 Å². The van der Waals surface area contributed by atoms with E-state index in [4.69, 9.17) is 11.6 Å². The van der Waals surface area contributed by atoms with Crippen molar-refractivity contribution in [3.05, 3.63) is 41.0 Å². The first-order valence-corrected chi connectivity index (χ1v) is 7.36. The van der Waals surface area contributed by atoms with Crippen LogP contribution < -0.4 is 5.32 Å². The number of fused-ring (bicyclic) bond motifs is 1. The highest BCUT2D eigenvalue weighted by atomic mass is 35.5. The van der Waals surface area contributed by atoms with Gasteiger partial charge in [0.2, 0.25) is 0 Å². The first kappa shape index (κ1) is 15.2. The van der Waals surface area contributed by atoms with Crippen molar-refractivity contribution in [2.75, 3.05) is 6.54 Å². The number of nitrogens with one attached hydrogen (secondary N) is 1. The number of aliphatic hydroxyl groups is 1. The second-order valence-corrected chi connectivity index (χ2v) is 5.83. The molecule has 0 fully saturated rings. The van der Waals surface area contributed by atoms with E-state index < -0.39 is 0 Å². The molecule has 0 aliphatic rings. The topological polar surface area (TPSA) is 45.1 Å². The van der Waals surface area contributed by atoms with Gasteiger partial charge in [-0.1, -0.05) is 24.6 Å². The number of aliphatic hydroxyl groups excluding tert-OH is 1. The first-order chi connectivity index (χ1) is 9.58. The van der Waals surface area contributed by atoms with Crippen LogP contribution in [0.1, 0.15) is 25.8 Å². The molecule has 0 spiro atoms. The highest BCUT2D eigenvalue weighted by Gasteiger charge is 2.08. The fraction of sp³-hybridized carbons (Fsp3) is 0.438. The van der Waals surface area contributed by atoms with Crippen molar-refractivity contribution in [3.8, 4) is 0 Å². The number of hydrogen-bond donors (Lipinski definition) is 2. The van der Waals surface area contributed by atoms with E-state index in [1.54, 1.807) is 6.20 Å². The molecule has 0 bridgehead atoms. The van der Waals surface area contributed by atoms with E-state index in [1.165, 1.54) is 0 Å². The van der Waals surface area contributed by atoms with E-state index >= 15 is 0 Å². The molecule has 3 nitrogen and oxygen atoms in total. The third kappa shape index (κ3) is 3.92. The van der Waals surface area contributed by atoms with Gasteiger partial charge in [-0.05, 0) is 49.6 Å². The average Bonchev–Trinajstić information content (AvgIpc) is 2.41. The molecule has 0 saturated carbocycles. The van der Waals surface area contributed by atoms with E-state index in [-0.39, 0.29) is 6.10 Å². The zero-order chi connectivity index (χ0) is 14.5. The summed E-state index contributed by atoms with van der Waals surface area (Å²) < 4.78 is 0. The van der Waals surface area contributed by atoms with Crippen molar-refractivity contribution >= 4 is 22.5 Å². The Hall–Kier alpha value is -1.16. The highest BCUT2D eigenvalue weighted by Crippen LogP contribution is 2.24. The summed E-state index contributed by atoms with van der Waals surface area (Å²) in [5, 5.41) is 14.5. The van der Waals surface area contributed by atoms with Crippen LogP contribution >= 0.6 is 11.6 Å². The Bertz CT molecular complexity index is 571. The summed E-state index contributed by atoms with van der Waals surface area (Å²) in [5.41, 5.74) is 2.10. The third-order valence-corrected chi connectivity index (χ3v) is 3.68. The number of aromatic nitrogens is 1. The Morgan fingerprint density at radius 1 is 1.30 bits per heavy atom. The molecule has 1 heterocycles. The van der Waals surface area contributed by atoms with Gasteiger partial charge in [-0.15, -0.1) is 0 Å². The lowest BCUT2D eigenvalue weighted by atomic mass is 10.0. The van der Waals surface area contributed by atoms with Crippen molar-refractivity contribution in [2.24, 2.45) is 5.92 Å². The van der Waals surface area contributed by atoms with Crippen LogP contribution in [-0.4, -0.2) is 22.7 Å². The Morgan fingerprint density at radius 2 is 2.10 bits per heavy atom. The quantitative estimate of drug-likeness (QED) is 0.858. The second kappa shape index (κ2) is 7.02. The van der Waals surface area contributed by atoms with Gasteiger partial charge in [-0.3, -0.25) is 4.98 Å². The molecule has 0 saturated heterocycles. The largest absolute Gasteiger partial charge is 0.393 e. The maximum Gasteiger partial charge on any atom is 0.0761 e. The van der Waals surface area contributed by atoms with Gasteiger partial charge in [-0.2, -0.15) is 0 Å². The van der Waals surface area contributed by atoms with Crippen LogP contribution in [0, 0.1) is 5.92 Å². The zero-order valence-corrected chi connectivity index (χ0v) is 12.7. The molecule has 2 atom stereocenters. The third-order valence-electron chi connectivity index (χ3n) is 3.35. The number of halogens is 1. The molecular weight excluding hydrogens is 272 g/mol. The Kier molecular flexibility index (Phi) is 5.35. The molecule has 2 rings (SSSR count). The van der Waals surface area contributed by atoms with E-state index in [2.05, 4.69) is 17.2 Å². The van der Waals surface area contributed by atoms with Crippen LogP contribution in [0.5, 0.6) is 0 Å². The molecule has 1 aromatic heterocycles. The first-order valence-electron chi connectivity index (χ1n) is 6.99. The Labute approximate surface area is 125 Å². The van der Waals surface area contributed by atoms with Crippen LogP contribution in [0.25, 0.3) is 10.9 Å². The normalized spacial score (nSPS) is 14.4. The molecule has 0 amide bonds. The lowest BCUT2D eigenvalue weighted by Gasteiger charge is -2.15. The molecule has 0 radical (unpaired) electrons. The van der Waals surface area contributed by atoms with Crippen molar-refractivity contribution in [1.29, 1.82) is 0 Å². The predicted octanol–water partition coefficient (Wildman–Crippen LogP) is 3.38. The molecule has 2 N–H and O–H groups in total. The van der Waals surface area contributed by atoms with Crippen molar-refractivity contribution in [3.63, 3.8) is 0 Å². The van der Waals surface area contributed by atoms with Crippen LogP contribution in [0.3, 0.4) is 0 Å². The molecular formula is C16H21ClN2O. The summed E-state index contributed by atoms with van der Waals surface area (Å²) >= 11 is 6.18. The number of rotatable bonds is 6. The van der Waals surface area contributed by atoms with Gasteiger partial charge in [0.1, 0.15) is 0 Å². The number of benzene rings is 1. The van der Waals surface area contributed by atoms with Gasteiger partial charge in [0.15, 0.2) is 0 Å². The fourth-order valence-electron chi connectivity index (χ4n) is 2.46. The van der Waals surface area contributed by atoms with Crippen LogP contribution in [0.15, 0.2) is 30.5 Å². The van der Waals surface area contributed by atoms with Crippen LogP contribution in [0.2, 0.25) is 5.02 Å². The van der Waals surface area contributed by atoms with Crippen molar-refractivity contribution in [1.82, 2.24) is 10.3 Å². The standard InChI is InChI=1S/C16H21ClN2O/c1-11(8-12(2)20)9-18-10-13-5-6-15(17)14-4-3-7-19-16(13)14/h3-7,11-12,18,20H,8-10H2,1-2H3. The maximum absolute atomic E-state index is 9.36. The molecule has 2 unspecified atom stereocenters. The minimum Gasteiger partial charge on any atom is -0.393 e. The number of nitrogens with zero attached hydrogens (tertiary/aromatic N) is 1. The SMILES string of the molecule is CC(O)CC(C)CNCc1ccc(Cl)c2cccnc12. The zero-order valence-electron chi connectivity index (χ0n) is 11.9. The van der Waals surface area contributed by atoms with Gasteiger partial charge in [0.05, 0.1) is 11.6 Å². The van der Waals surface area contributed by atoms with Crippen LogP contribution in [0.4, 0.5) is 0 Å². The molecule has 4 heteroatoms. The highest BCUT2D eigenvalue weighted by molar-refractivity contribution is 6.35. The second-order valence-electron chi connectivity index (χ2n) is 5.43.